The van der Waals surface area contributed by atoms with Gasteiger partial charge in [0, 0.05) is 0 Å². The Kier molecular flexibility index (Phi) is 3.05. The third-order valence-electron chi connectivity index (χ3n) is 1.51. The summed E-state index contributed by atoms with van der Waals surface area (Å²) in [5.41, 5.74) is -0.0505. The quantitative estimate of drug-likeness (QED) is 0.525. The van der Waals surface area contributed by atoms with E-state index < -0.39 is 11.6 Å². The van der Waals surface area contributed by atoms with Crippen LogP contribution in [0.3, 0.4) is 0 Å². The maximum absolute atomic E-state index is 13.2. The van der Waals surface area contributed by atoms with Crippen molar-refractivity contribution in [1.82, 2.24) is 0 Å². The van der Waals surface area contributed by atoms with Crippen molar-refractivity contribution in [3.05, 3.63) is 34.6 Å². The van der Waals surface area contributed by atoms with Gasteiger partial charge < -0.3 is 0 Å². The van der Waals surface area contributed by atoms with Gasteiger partial charge in [0.15, 0.2) is 11.6 Å². The molecule has 0 aliphatic carbocycles. The number of ketones is 1. The zero-order chi connectivity index (χ0) is 9.84. The molecule has 0 radical (unpaired) electrons. The van der Waals surface area contributed by atoms with Crippen molar-refractivity contribution in [2.45, 2.75) is 6.42 Å². The molecule has 0 unspecified atom stereocenters. The molecule has 1 rings (SSSR count). The van der Waals surface area contributed by atoms with Crippen LogP contribution in [0.25, 0.3) is 0 Å². The van der Waals surface area contributed by atoms with E-state index in [1.54, 1.807) is 0 Å². The molecule has 0 aromatic heterocycles. The smallest absolute Gasteiger partial charge is 0.177 e. The van der Waals surface area contributed by atoms with Gasteiger partial charge in [-0.1, -0.05) is 23.6 Å². The number of hydrogen-bond donors (Lipinski definition) is 0. The summed E-state index contributed by atoms with van der Waals surface area (Å²) in [6, 6.07) is 4.25. The molecule has 0 aliphatic heterocycles. The maximum atomic E-state index is 13.2. The third kappa shape index (κ3) is 2.07. The van der Waals surface area contributed by atoms with Crippen molar-refractivity contribution in [3.63, 3.8) is 0 Å². The van der Waals surface area contributed by atoms with E-state index in [0.29, 0.717) is 0 Å². The summed E-state index contributed by atoms with van der Waals surface area (Å²) < 4.78 is 13.2. The van der Waals surface area contributed by atoms with Gasteiger partial charge in [0.2, 0.25) is 0 Å². The monoisotopic (exact) mass is 196 g/mol. The fourth-order valence-electron chi connectivity index (χ4n) is 0.907. The van der Waals surface area contributed by atoms with Crippen LogP contribution >= 0.6 is 11.6 Å². The Hall–Kier alpha value is -1.33. The highest BCUT2D eigenvalue weighted by atomic mass is 35.5. The highest BCUT2D eigenvalue weighted by Crippen LogP contribution is 2.18. The molecule has 13 heavy (non-hydrogen) atoms. The molecule has 66 valence electrons. The minimum atomic E-state index is -0.704. The van der Waals surface area contributed by atoms with Gasteiger partial charge in [0.25, 0.3) is 0 Å². The zero-order valence-corrected chi connectivity index (χ0v) is 7.44. The molecule has 3 heteroatoms. The maximum Gasteiger partial charge on any atom is 0.177 e. The summed E-state index contributed by atoms with van der Waals surface area (Å²) in [7, 11) is 0. The van der Waals surface area contributed by atoms with Crippen molar-refractivity contribution in [1.29, 1.82) is 0 Å². The molecular weight excluding hydrogens is 191 g/mol. The molecule has 0 saturated heterocycles. The highest BCUT2D eigenvalue weighted by Gasteiger charge is 2.12. The minimum absolute atomic E-state index is 0.0505. The Labute approximate surface area is 80.5 Å². The summed E-state index contributed by atoms with van der Waals surface area (Å²) >= 11 is 5.48. The largest absolute Gasteiger partial charge is 0.293 e. The molecule has 0 amide bonds. The summed E-state index contributed by atoms with van der Waals surface area (Å²) in [4.78, 5) is 11.2. The Morgan fingerprint density at radius 1 is 1.62 bits per heavy atom. The standard InChI is InChI=1S/C10H6ClFO/c1-2-4-9(13)7-5-3-6-8(11)10(7)12/h1,3,5-6H,4H2. The second kappa shape index (κ2) is 4.06. The molecule has 0 aliphatic rings. The van der Waals surface area contributed by atoms with Crippen LogP contribution in [0.2, 0.25) is 5.02 Å². The van der Waals surface area contributed by atoms with E-state index in [0.717, 1.165) is 0 Å². The van der Waals surface area contributed by atoms with Gasteiger partial charge >= 0.3 is 0 Å². The first-order chi connectivity index (χ1) is 6.16. The van der Waals surface area contributed by atoms with E-state index in [9.17, 15) is 9.18 Å². The average molecular weight is 197 g/mol. The Morgan fingerprint density at radius 2 is 2.31 bits per heavy atom. The lowest BCUT2D eigenvalue weighted by Crippen LogP contribution is -2.01. The van der Waals surface area contributed by atoms with Crippen LogP contribution in [0.1, 0.15) is 16.8 Å². The average Bonchev–Trinajstić information content (AvgIpc) is 2.10. The molecule has 0 saturated carbocycles. The third-order valence-corrected chi connectivity index (χ3v) is 1.81. The zero-order valence-electron chi connectivity index (χ0n) is 6.68. The van der Waals surface area contributed by atoms with Gasteiger partial charge in [-0.15, -0.1) is 6.42 Å². The lowest BCUT2D eigenvalue weighted by Gasteiger charge is -2.00. The number of benzene rings is 1. The van der Waals surface area contributed by atoms with Crippen molar-refractivity contribution < 1.29 is 9.18 Å². The molecule has 1 aromatic rings. The highest BCUT2D eigenvalue weighted by molar-refractivity contribution is 6.31. The van der Waals surface area contributed by atoms with Crippen LogP contribution in [0.15, 0.2) is 18.2 Å². The minimum Gasteiger partial charge on any atom is -0.293 e. The fraction of sp³-hybridized carbons (Fsp3) is 0.100. The van der Waals surface area contributed by atoms with Crippen LogP contribution in [0, 0.1) is 18.2 Å². The summed E-state index contributed by atoms with van der Waals surface area (Å²) in [6.07, 6.45) is 4.81. The fourth-order valence-corrected chi connectivity index (χ4v) is 1.08. The number of rotatable bonds is 2. The number of hydrogen-bond acceptors (Lipinski definition) is 1. The number of halogens is 2. The summed E-state index contributed by atoms with van der Waals surface area (Å²) in [5, 5.41) is -0.0668. The molecule has 1 nitrogen and oxygen atoms in total. The number of carbonyl (C=O) groups excluding carboxylic acids is 1. The van der Waals surface area contributed by atoms with E-state index in [1.807, 2.05) is 0 Å². The van der Waals surface area contributed by atoms with Crippen molar-refractivity contribution in [2.75, 3.05) is 0 Å². The molecule has 0 atom stereocenters. The van der Waals surface area contributed by atoms with E-state index in [1.165, 1.54) is 18.2 Å². The number of carbonyl (C=O) groups is 1. The molecule has 0 N–H and O–H groups in total. The molecule has 0 fully saturated rings. The van der Waals surface area contributed by atoms with Crippen LogP contribution < -0.4 is 0 Å². The van der Waals surface area contributed by atoms with Crippen LogP contribution in [-0.2, 0) is 0 Å². The van der Waals surface area contributed by atoms with Crippen LogP contribution in [0.5, 0.6) is 0 Å². The summed E-state index contributed by atoms with van der Waals surface area (Å²) in [6.45, 7) is 0. The van der Waals surface area contributed by atoms with Gasteiger partial charge in [-0.3, -0.25) is 4.79 Å². The van der Waals surface area contributed by atoms with Crippen molar-refractivity contribution in [2.24, 2.45) is 0 Å². The van der Waals surface area contributed by atoms with Crippen LogP contribution in [0.4, 0.5) is 4.39 Å². The first-order valence-electron chi connectivity index (χ1n) is 3.57. The van der Waals surface area contributed by atoms with Gasteiger partial charge in [-0.05, 0) is 12.1 Å². The topological polar surface area (TPSA) is 17.1 Å². The molecular formula is C10H6ClFO. The molecule has 0 bridgehead atoms. The second-order valence-corrected chi connectivity index (χ2v) is 2.81. The van der Waals surface area contributed by atoms with Crippen LogP contribution in [-0.4, -0.2) is 5.78 Å². The predicted octanol–water partition coefficient (Wildman–Crippen LogP) is 2.69. The number of Topliss-reactive ketones (excluding diaryl/α,β-unsaturated/α-hetero) is 1. The lowest BCUT2D eigenvalue weighted by molar-refractivity contribution is 0.0994. The van der Waals surface area contributed by atoms with E-state index in [4.69, 9.17) is 18.0 Å². The van der Waals surface area contributed by atoms with Gasteiger partial charge in [-0.2, -0.15) is 0 Å². The molecule has 0 spiro atoms. The Morgan fingerprint density at radius 3 is 2.92 bits per heavy atom. The Balaban J connectivity index is 3.09. The van der Waals surface area contributed by atoms with Gasteiger partial charge in [0.05, 0.1) is 17.0 Å². The lowest BCUT2D eigenvalue weighted by atomic mass is 10.1. The first kappa shape index (κ1) is 9.76. The van der Waals surface area contributed by atoms with Gasteiger partial charge in [-0.25, -0.2) is 4.39 Å². The van der Waals surface area contributed by atoms with Gasteiger partial charge in [0.1, 0.15) is 0 Å². The number of terminal acetylenes is 1. The molecule has 1 aromatic carbocycles. The predicted molar refractivity (Wildman–Crippen MR) is 49.2 cm³/mol. The SMILES string of the molecule is C#CCC(=O)c1cccc(Cl)c1F. The molecule has 0 heterocycles. The first-order valence-corrected chi connectivity index (χ1v) is 3.95. The Bertz CT molecular complexity index is 379. The second-order valence-electron chi connectivity index (χ2n) is 2.41. The van der Waals surface area contributed by atoms with E-state index >= 15 is 0 Å². The van der Waals surface area contributed by atoms with Crippen molar-refractivity contribution >= 4 is 17.4 Å². The summed E-state index contributed by atoms with van der Waals surface area (Å²) in [5.74, 6) is 1.02. The normalized spacial score (nSPS) is 9.31. The van der Waals surface area contributed by atoms with E-state index in [2.05, 4.69) is 5.92 Å². The van der Waals surface area contributed by atoms with E-state index in [-0.39, 0.29) is 17.0 Å². The van der Waals surface area contributed by atoms with Crippen molar-refractivity contribution in [3.8, 4) is 12.3 Å².